The topological polar surface area (TPSA) is 58.2 Å². The third kappa shape index (κ3) is 4.45. The van der Waals surface area contributed by atoms with Crippen molar-refractivity contribution in [1.29, 1.82) is 0 Å². The second kappa shape index (κ2) is 7.24. The van der Waals surface area contributed by atoms with E-state index in [2.05, 4.69) is 17.0 Å². The summed E-state index contributed by atoms with van der Waals surface area (Å²) < 4.78 is 27.1. The summed E-state index contributed by atoms with van der Waals surface area (Å²) >= 11 is 0. The molecule has 1 aliphatic heterocycles. The van der Waals surface area contributed by atoms with Gasteiger partial charge in [-0.3, -0.25) is 0 Å². The molecule has 0 saturated carbocycles. The summed E-state index contributed by atoms with van der Waals surface area (Å²) in [6.45, 7) is 3.81. The molecule has 2 N–H and O–H groups in total. The van der Waals surface area contributed by atoms with Gasteiger partial charge in [0, 0.05) is 6.04 Å². The lowest BCUT2D eigenvalue weighted by atomic mass is 10.1. The van der Waals surface area contributed by atoms with Crippen LogP contribution < -0.4 is 10.0 Å². The van der Waals surface area contributed by atoms with Gasteiger partial charge in [0.05, 0.1) is 4.90 Å². The number of benzene rings is 1. The van der Waals surface area contributed by atoms with Gasteiger partial charge in [0.25, 0.3) is 0 Å². The second-order valence-corrected chi connectivity index (χ2v) is 6.36. The van der Waals surface area contributed by atoms with Crippen molar-refractivity contribution in [2.24, 2.45) is 0 Å². The van der Waals surface area contributed by atoms with Crippen LogP contribution in [0.1, 0.15) is 25.3 Å². The van der Waals surface area contributed by atoms with E-state index in [-0.39, 0.29) is 18.4 Å². The molecular formula is C13H21ClN2O2S. The zero-order valence-electron chi connectivity index (χ0n) is 11.1. The van der Waals surface area contributed by atoms with E-state index < -0.39 is 10.0 Å². The van der Waals surface area contributed by atoms with E-state index in [0.717, 1.165) is 37.9 Å². The molecule has 108 valence electrons. The standard InChI is InChI=1S/C13H20N2O2S.ClH/c1-2-11-3-5-13(6-4-11)18(16,17)15-12-7-9-14-10-8-12;/h3-6,12,14-15H,2,7-10H2,1H3;1H. The minimum atomic E-state index is -3.36. The molecule has 0 amide bonds. The van der Waals surface area contributed by atoms with Gasteiger partial charge < -0.3 is 5.32 Å². The predicted octanol–water partition coefficient (Wildman–Crippen LogP) is 1.70. The van der Waals surface area contributed by atoms with Gasteiger partial charge in [0.2, 0.25) is 10.0 Å². The van der Waals surface area contributed by atoms with Gasteiger partial charge in [-0.2, -0.15) is 0 Å². The van der Waals surface area contributed by atoms with Gasteiger partial charge in [-0.25, -0.2) is 13.1 Å². The normalized spacial score (nSPS) is 16.9. The Kier molecular flexibility index (Phi) is 6.26. The summed E-state index contributed by atoms with van der Waals surface area (Å²) in [5, 5.41) is 3.22. The van der Waals surface area contributed by atoms with E-state index in [1.807, 2.05) is 12.1 Å². The summed E-state index contributed by atoms with van der Waals surface area (Å²) in [6.07, 6.45) is 2.63. The number of hydrogen-bond acceptors (Lipinski definition) is 3. The molecule has 0 bridgehead atoms. The average Bonchev–Trinajstić information content (AvgIpc) is 2.39. The fraction of sp³-hybridized carbons (Fsp3) is 0.538. The van der Waals surface area contributed by atoms with Gasteiger partial charge in [-0.15, -0.1) is 12.4 Å². The van der Waals surface area contributed by atoms with E-state index in [1.165, 1.54) is 0 Å². The SMILES string of the molecule is CCc1ccc(S(=O)(=O)NC2CCNCC2)cc1.Cl. The number of hydrogen-bond donors (Lipinski definition) is 2. The third-order valence-electron chi connectivity index (χ3n) is 3.30. The van der Waals surface area contributed by atoms with Crippen molar-refractivity contribution in [3.05, 3.63) is 29.8 Å². The second-order valence-electron chi connectivity index (χ2n) is 4.64. The lowest BCUT2D eigenvalue weighted by Gasteiger charge is -2.23. The highest BCUT2D eigenvalue weighted by Crippen LogP contribution is 2.13. The molecule has 1 aliphatic rings. The first-order chi connectivity index (χ1) is 8.62. The summed E-state index contributed by atoms with van der Waals surface area (Å²) in [6, 6.07) is 7.17. The summed E-state index contributed by atoms with van der Waals surface area (Å²) in [5.41, 5.74) is 1.15. The molecule has 0 atom stereocenters. The van der Waals surface area contributed by atoms with Gasteiger partial charge in [-0.05, 0) is 50.0 Å². The Morgan fingerprint density at radius 2 is 1.79 bits per heavy atom. The van der Waals surface area contributed by atoms with E-state index >= 15 is 0 Å². The molecular weight excluding hydrogens is 284 g/mol. The Bertz CT molecular complexity index is 482. The number of halogens is 1. The van der Waals surface area contributed by atoms with Crippen molar-refractivity contribution in [3.63, 3.8) is 0 Å². The predicted molar refractivity (Wildman–Crippen MR) is 79.3 cm³/mol. The average molecular weight is 305 g/mol. The lowest BCUT2D eigenvalue weighted by Crippen LogP contribution is -2.42. The minimum absolute atomic E-state index is 0. The molecule has 1 aromatic rings. The molecule has 4 nitrogen and oxygen atoms in total. The molecule has 0 radical (unpaired) electrons. The Labute approximate surface area is 121 Å². The van der Waals surface area contributed by atoms with Crippen LogP contribution in [0.15, 0.2) is 29.2 Å². The molecule has 0 unspecified atom stereocenters. The molecule has 0 spiro atoms. The highest BCUT2D eigenvalue weighted by Gasteiger charge is 2.21. The molecule has 1 heterocycles. The van der Waals surface area contributed by atoms with Gasteiger partial charge >= 0.3 is 0 Å². The quantitative estimate of drug-likeness (QED) is 0.890. The van der Waals surface area contributed by atoms with Crippen LogP contribution in [0.4, 0.5) is 0 Å². The van der Waals surface area contributed by atoms with Crippen molar-refractivity contribution < 1.29 is 8.42 Å². The Balaban J connectivity index is 0.00000180. The molecule has 2 rings (SSSR count). The zero-order chi connectivity index (χ0) is 13.0. The monoisotopic (exact) mass is 304 g/mol. The van der Waals surface area contributed by atoms with Gasteiger partial charge in [0.15, 0.2) is 0 Å². The van der Waals surface area contributed by atoms with Crippen molar-refractivity contribution >= 4 is 22.4 Å². The Hall–Kier alpha value is -0.620. The first kappa shape index (κ1) is 16.4. The first-order valence-electron chi connectivity index (χ1n) is 6.44. The van der Waals surface area contributed by atoms with Crippen molar-refractivity contribution in [3.8, 4) is 0 Å². The maximum absolute atomic E-state index is 12.2. The van der Waals surface area contributed by atoms with Crippen molar-refractivity contribution in [1.82, 2.24) is 10.0 Å². The number of piperidine rings is 1. The molecule has 1 aromatic carbocycles. The van der Waals surface area contributed by atoms with Crippen molar-refractivity contribution in [2.45, 2.75) is 37.1 Å². The molecule has 19 heavy (non-hydrogen) atoms. The van der Waals surface area contributed by atoms with Crippen LogP contribution >= 0.6 is 12.4 Å². The van der Waals surface area contributed by atoms with Crippen LogP contribution in [0.2, 0.25) is 0 Å². The molecule has 1 fully saturated rings. The third-order valence-corrected chi connectivity index (χ3v) is 4.84. The van der Waals surface area contributed by atoms with Crippen LogP contribution in [-0.2, 0) is 16.4 Å². The number of sulfonamides is 1. The number of rotatable bonds is 4. The number of aryl methyl sites for hydroxylation is 1. The van der Waals surface area contributed by atoms with E-state index in [4.69, 9.17) is 0 Å². The van der Waals surface area contributed by atoms with E-state index in [1.54, 1.807) is 12.1 Å². The molecule has 1 saturated heterocycles. The first-order valence-corrected chi connectivity index (χ1v) is 7.92. The summed E-state index contributed by atoms with van der Waals surface area (Å²) in [4.78, 5) is 0.359. The van der Waals surface area contributed by atoms with Crippen LogP contribution in [0.25, 0.3) is 0 Å². The van der Waals surface area contributed by atoms with Crippen LogP contribution in [0.3, 0.4) is 0 Å². The number of nitrogens with one attached hydrogen (secondary N) is 2. The van der Waals surface area contributed by atoms with Gasteiger partial charge in [-0.1, -0.05) is 19.1 Å². The smallest absolute Gasteiger partial charge is 0.240 e. The maximum Gasteiger partial charge on any atom is 0.240 e. The van der Waals surface area contributed by atoms with Gasteiger partial charge in [0.1, 0.15) is 0 Å². The molecule has 0 aromatic heterocycles. The zero-order valence-corrected chi connectivity index (χ0v) is 12.7. The van der Waals surface area contributed by atoms with Crippen molar-refractivity contribution in [2.75, 3.05) is 13.1 Å². The Morgan fingerprint density at radius 3 is 2.32 bits per heavy atom. The highest BCUT2D eigenvalue weighted by atomic mass is 35.5. The Morgan fingerprint density at radius 1 is 1.21 bits per heavy atom. The fourth-order valence-corrected chi connectivity index (χ4v) is 3.44. The van der Waals surface area contributed by atoms with E-state index in [9.17, 15) is 8.42 Å². The molecule has 0 aliphatic carbocycles. The van der Waals surface area contributed by atoms with Crippen LogP contribution in [-0.4, -0.2) is 27.5 Å². The van der Waals surface area contributed by atoms with Crippen LogP contribution in [0.5, 0.6) is 0 Å². The summed E-state index contributed by atoms with van der Waals surface area (Å²) in [5.74, 6) is 0. The lowest BCUT2D eigenvalue weighted by molar-refractivity contribution is 0.427. The highest BCUT2D eigenvalue weighted by molar-refractivity contribution is 7.89. The summed E-state index contributed by atoms with van der Waals surface area (Å²) in [7, 11) is -3.36. The molecule has 6 heteroatoms. The minimum Gasteiger partial charge on any atom is -0.317 e. The fourth-order valence-electron chi connectivity index (χ4n) is 2.13. The maximum atomic E-state index is 12.2. The van der Waals surface area contributed by atoms with E-state index in [0.29, 0.717) is 4.90 Å². The van der Waals surface area contributed by atoms with Crippen LogP contribution in [0, 0.1) is 0 Å². The largest absolute Gasteiger partial charge is 0.317 e.